The molecule has 140 valence electrons. The number of hydrogen-bond acceptors (Lipinski definition) is 8. The van der Waals surface area contributed by atoms with Gasteiger partial charge < -0.3 is 19.5 Å². The van der Waals surface area contributed by atoms with Crippen LogP contribution in [0, 0.1) is 6.92 Å². The number of aryl methyl sites for hydroxylation is 1. The van der Waals surface area contributed by atoms with Crippen molar-refractivity contribution in [3.63, 3.8) is 0 Å². The highest BCUT2D eigenvalue weighted by Crippen LogP contribution is 2.27. The van der Waals surface area contributed by atoms with Gasteiger partial charge in [-0.1, -0.05) is 5.10 Å². The maximum absolute atomic E-state index is 11.9. The van der Waals surface area contributed by atoms with Gasteiger partial charge in [0.1, 0.15) is 11.9 Å². The molecule has 1 N–H and O–H groups in total. The molecule has 3 aromatic rings. The molecule has 0 spiro atoms. The van der Waals surface area contributed by atoms with E-state index in [1.165, 1.54) is 6.26 Å². The van der Waals surface area contributed by atoms with Crippen molar-refractivity contribution in [2.45, 2.75) is 18.6 Å². The van der Waals surface area contributed by atoms with Gasteiger partial charge in [-0.25, -0.2) is 9.50 Å². The minimum atomic E-state index is -1.32. The lowest BCUT2D eigenvalue weighted by Gasteiger charge is -2.09. The Morgan fingerprint density at radius 2 is 2.12 bits per heavy atom. The predicted molar refractivity (Wildman–Crippen MR) is 98.5 cm³/mol. The van der Waals surface area contributed by atoms with Gasteiger partial charge in [-0.2, -0.15) is 4.98 Å². The highest BCUT2D eigenvalue weighted by molar-refractivity contribution is 7.90. The Balaban J connectivity index is 1.98. The second kappa shape index (κ2) is 7.48. The van der Waals surface area contributed by atoms with Gasteiger partial charge in [-0.05, 0) is 21.0 Å². The standard InChI is InChI=1S/C15H22N8O2S/c1-10-8-16-13-12(18-15(26(5)24)20-23(10)13)17-11-9-22(7-6-21(2)3)19-14(11)25-4/h8-9H,6-7H2,1-5H3,(H,17,18,20). The molecule has 3 aromatic heterocycles. The van der Waals surface area contributed by atoms with Crippen molar-refractivity contribution in [1.82, 2.24) is 34.3 Å². The molecule has 0 bridgehead atoms. The van der Waals surface area contributed by atoms with Crippen LogP contribution in [0.4, 0.5) is 11.5 Å². The number of likely N-dealkylation sites (N-methyl/N-ethyl adjacent to an activating group) is 1. The number of nitrogens with one attached hydrogen (secondary N) is 1. The van der Waals surface area contributed by atoms with Gasteiger partial charge in [0.25, 0.3) is 5.88 Å². The van der Waals surface area contributed by atoms with E-state index in [2.05, 4.69) is 30.4 Å². The molecule has 3 heterocycles. The molecule has 0 saturated heterocycles. The Bertz CT molecular complexity index is 905. The molecule has 3 rings (SSSR count). The summed E-state index contributed by atoms with van der Waals surface area (Å²) in [5, 5.41) is 12.1. The van der Waals surface area contributed by atoms with Crippen LogP contribution in [0.1, 0.15) is 5.69 Å². The normalized spacial score (nSPS) is 12.7. The second-order valence-corrected chi connectivity index (χ2v) is 7.35. The molecule has 0 aliphatic rings. The summed E-state index contributed by atoms with van der Waals surface area (Å²) in [5.74, 6) is 0.895. The number of fused-ring (bicyclic) bond motifs is 1. The molecule has 1 unspecified atom stereocenters. The van der Waals surface area contributed by atoms with Crippen molar-refractivity contribution in [2.24, 2.45) is 0 Å². The van der Waals surface area contributed by atoms with Crippen LogP contribution in [0.15, 0.2) is 17.6 Å². The third kappa shape index (κ3) is 3.74. The summed E-state index contributed by atoms with van der Waals surface area (Å²) >= 11 is -1.32. The molecule has 0 aromatic carbocycles. The van der Waals surface area contributed by atoms with Gasteiger partial charge in [0.05, 0.1) is 31.7 Å². The lowest BCUT2D eigenvalue weighted by Crippen LogP contribution is -2.18. The fraction of sp³-hybridized carbons (Fsp3) is 0.467. The Hall–Kier alpha value is -2.37. The first-order valence-corrected chi connectivity index (χ1v) is 9.54. The van der Waals surface area contributed by atoms with Crippen LogP contribution in [0.3, 0.4) is 0 Å². The van der Waals surface area contributed by atoms with Gasteiger partial charge in [0.15, 0.2) is 11.5 Å². The van der Waals surface area contributed by atoms with Crippen molar-refractivity contribution in [3.8, 4) is 5.88 Å². The van der Waals surface area contributed by atoms with E-state index < -0.39 is 11.2 Å². The molecule has 0 aliphatic heterocycles. The summed E-state index contributed by atoms with van der Waals surface area (Å²) in [6, 6.07) is 0. The van der Waals surface area contributed by atoms with Crippen molar-refractivity contribution in [3.05, 3.63) is 18.1 Å². The number of methoxy groups -OCH3 is 1. The van der Waals surface area contributed by atoms with E-state index in [1.54, 1.807) is 22.5 Å². The third-order valence-electron chi connectivity index (χ3n) is 3.72. The topological polar surface area (TPSA) is 108 Å². The van der Waals surface area contributed by atoms with Crippen LogP contribution in [0.2, 0.25) is 0 Å². The van der Waals surface area contributed by atoms with Crippen molar-refractivity contribution >= 4 is 28.3 Å². The maximum Gasteiger partial charge on any atom is 0.361 e. The number of aromatic nitrogens is 6. The van der Waals surface area contributed by atoms with Gasteiger partial charge in [-0.3, -0.25) is 4.68 Å². The Labute approximate surface area is 154 Å². The van der Waals surface area contributed by atoms with Gasteiger partial charge in [0, 0.05) is 17.7 Å². The first-order chi connectivity index (χ1) is 12.4. The van der Waals surface area contributed by atoms with Crippen LogP contribution < -0.4 is 10.1 Å². The smallest absolute Gasteiger partial charge is 0.361 e. The van der Waals surface area contributed by atoms with Gasteiger partial charge >= 0.3 is 5.16 Å². The van der Waals surface area contributed by atoms with Crippen LogP contribution in [-0.4, -0.2) is 72.8 Å². The lowest BCUT2D eigenvalue weighted by molar-refractivity contribution is 0.358. The molecule has 1 atom stereocenters. The third-order valence-corrected chi connectivity index (χ3v) is 4.41. The lowest BCUT2D eigenvalue weighted by atomic mass is 10.5. The average Bonchev–Trinajstić information content (AvgIpc) is 3.16. The van der Waals surface area contributed by atoms with E-state index >= 15 is 0 Å². The summed E-state index contributed by atoms with van der Waals surface area (Å²) in [4.78, 5) is 10.8. The number of ether oxygens (including phenoxy) is 1. The average molecular weight is 378 g/mol. The van der Waals surface area contributed by atoms with Crippen molar-refractivity contribution < 1.29 is 9.29 Å². The zero-order valence-corrected chi connectivity index (χ0v) is 16.2. The van der Waals surface area contributed by atoms with E-state index in [-0.39, 0.29) is 5.16 Å². The summed E-state index contributed by atoms with van der Waals surface area (Å²) in [7, 11) is 5.57. The Morgan fingerprint density at radius 1 is 1.35 bits per heavy atom. The van der Waals surface area contributed by atoms with E-state index in [1.807, 2.05) is 27.2 Å². The molecule has 11 heteroatoms. The summed E-state index contributed by atoms with van der Waals surface area (Å²) in [6.07, 6.45) is 5.08. The molecule has 0 aliphatic carbocycles. The molecule has 0 amide bonds. The molecule has 0 radical (unpaired) electrons. The van der Waals surface area contributed by atoms with E-state index in [4.69, 9.17) is 4.74 Å². The van der Waals surface area contributed by atoms with E-state index in [0.29, 0.717) is 23.0 Å². The predicted octanol–water partition coefficient (Wildman–Crippen LogP) is 0.680. The number of hydrogen-bond donors (Lipinski definition) is 1. The van der Waals surface area contributed by atoms with E-state index in [9.17, 15) is 4.55 Å². The largest absolute Gasteiger partial charge is 0.609 e. The minimum Gasteiger partial charge on any atom is -0.609 e. The first kappa shape index (κ1) is 18.4. The molecular weight excluding hydrogens is 356 g/mol. The summed E-state index contributed by atoms with van der Waals surface area (Å²) < 4.78 is 20.7. The summed E-state index contributed by atoms with van der Waals surface area (Å²) in [6.45, 7) is 3.44. The highest BCUT2D eigenvalue weighted by Gasteiger charge is 2.19. The minimum absolute atomic E-state index is 0.222. The molecular formula is C15H22N8O2S. The zero-order chi connectivity index (χ0) is 18.8. The highest BCUT2D eigenvalue weighted by atomic mass is 32.2. The number of anilines is 2. The fourth-order valence-electron chi connectivity index (χ4n) is 2.36. The first-order valence-electron chi connectivity index (χ1n) is 7.98. The molecule has 0 fully saturated rings. The molecule has 26 heavy (non-hydrogen) atoms. The van der Waals surface area contributed by atoms with Crippen molar-refractivity contribution in [1.29, 1.82) is 0 Å². The Kier molecular flexibility index (Phi) is 5.30. The molecule has 0 saturated carbocycles. The molecule has 10 nitrogen and oxygen atoms in total. The summed E-state index contributed by atoms with van der Waals surface area (Å²) in [5.41, 5.74) is 2.02. The number of imidazole rings is 1. The second-order valence-electron chi connectivity index (χ2n) is 6.08. The number of nitrogens with zero attached hydrogens (tertiary/aromatic N) is 7. The monoisotopic (exact) mass is 378 g/mol. The number of rotatable bonds is 7. The van der Waals surface area contributed by atoms with Gasteiger partial charge in [0.2, 0.25) is 0 Å². The van der Waals surface area contributed by atoms with Crippen LogP contribution in [0.25, 0.3) is 5.65 Å². The maximum atomic E-state index is 11.9. The van der Waals surface area contributed by atoms with Gasteiger partial charge in [-0.15, -0.1) is 5.10 Å². The fourth-order valence-corrected chi connectivity index (χ4v) is 2.78. The van der Waals surface area contributed by atoms with Crippen molar-refractivity contribution in [2.75, 3.05) is 39.3 Å². The van der Waals surface area contributed by atoms with Crippen LogP contribution in [0.5, 0.6) is 5.88 Å². The van der Waals surface area contributed by atoms with E-state index in [0.717, 1.165) is 18.8 Å². The van der Waals surface area contributed by atoms with Crippen LogP contribution in [-0.2, 0) is 17.7 Å². The zero-order valence-electron chi connectivity index (χ0n) is 15.4. The SMILES string of the molecule is COc1nn(CCN(C)C)cc1Nc1nc([S+](C)[O-])nn2c(C)cnc12. The Morgan fingerprint density at radius 3 is 2.77 bits per heavy atom. The van der Waals surface area contributed by atoms with Crippen LogP contribution >= 0.6 is 0 Å². The quantitative estimate of drug-likeness (QED) is 0.598.